The van der Waals surface area contributed by atoms with Crippen LogP contribution >= 0.6 is 0 Å². The first kappa shape index (κ1) is 20.6. The number of pyridine rings is 1. The maximum absolute atomic E-state index is 15.8. The number of halogens is 1. The van der Waals surface area contributed by atoms with Gasteiger partial charge < -0.3 is 14.4 Å². The number of methoxy groups -OCH3 is 1. The second-order valence-electron chi connectivity index (χ2n) is 9.49. The molecule has 5 aromatic rings. The number of rotatable bonds is 7. The van der Waals surface area contributed by atoms with E-state index >= 15 is 4.39 Å². The van der Waals surface area contributed by atoms with Gasteiger partial charge in [-0.1, -0.05) is 35.5 Å². The summed E-state index contributed by atoms with van der Waals surface area (Å²) < 4.78 is 48.4. The van der Waals surface area contributed by atoms with E-state index < -0.39 is 18.3 Å². The van der Waals surface area contributed by atoms with Crippen molar-refractivity contribution in [2.24, 2.45) is 7.05 Å². The van der Waals surface area contributed by atoms with Gasteiger partial charge in [-0.2, -0.15) is 0 Å². The largest absolute Gasteiger partial charge is 0.386 e. The molecule has 7 nitrogen and oxygen atoms in total. The van der Waals surface area contributed by atoms with Crippen LogP contribution in [-0.4, -0.2) is 43.4 Å². The van der Waals surface area contributed by atoms with Gasteiger partial charge in [-0.15, -0.1) is 5.10 Å². The van der Waals surface area contributed by atoms with E-state index in [0.29, 0.717) is 40.5 Å². The molecule has 1 unspecified atom stereocenters. The van der Waals surface area contributed by atoms with Crippen LogP contribution in [0.15, 0.2) is 54.7 Å². The monoisotopic (exact) mass is 490 g/mol. The molecule has 0 amide bonds. The normalized spacial score (nSPS) is 14.7. The van der Waals surface area contributed by atoms with Crippen LogP contribution in [0.1, 0.15) is 47.2 Å². The van der Waals surface area contributed by atoms with Gasteiger partial charge >= 0.3 is 0 Å². The lowest BCUT2D eigenvalue weighted by Gasteiger charge is -2.23. The van der Waals surface area contributed by atoms with Crippen molar-refractivity contribution in [1.29, 1.82) is 0 Å². The highest BCUT2D eigenvalue weighted by atomic mass is 19.1. The average molecular weight is 491 g/mol. The maximum atomic E-state index is 15.8. The van der Waals surface area contributed by atoms with E-state index in [-0.39, 0.29) is 23.0 Å². The molecule has 0 radical (unpaired) electrons. The Labute approximate surface area is 213 Å². The van der Waals surface area contributed by atoms with Gasteiger partial charge in [-0.3, -0.25) is 4.98 Å². The molecule has 0 fully saturated rings. The van der Waals surface area contributed by atoms with Gasteiger partial charge in [-0.25, -0.2) is 9.07 Å². The number of benzene rings is 2. The van der Waals surface area contributed by atoms with Crippen LogP contribution in [0.25, 0.3) is 33.2 Å². The van der Waals surface area contributed by atoms with Crippen molar-refractivity contribution in [3.8, 4) is 11.3 Å². The molecule has 5 rings (SSSR count). The Balaban J connectivity index is 1.89. The maximum Gasteiger partial charge on any atom is 0.133 e. The minimum absolute atomic E-state index is 0.0754. The summed E-state index contributed by atoms with van der Waals surface area (Å²) in [7, 11) is 3.18. The molecule has 0 aliphatic rings. The summed E-state index contributed by atoms with van der Waals surface area (Å²) in [6, 6.07) is 14.6. The Morgan fingerprint density at radius 3 is 2.64 bits per heavy atom. The zero-order chi connectivity index (χ0) is 28.1. The molecule has 1 N–H and O–H groups in total. The zero-order valence-electron chi connectivity index (χ0n) is 23.7. The molecule has 0 aliphatic heterocycles. The van der Waals surface area contributed by atoms with Crippen molar-refractivity contribution < 1.29 is 18.3 Å². The van der Waals surface area contributed by atoms with E-state index in [2.05, 4.69) is 19.9 Å². The summed E-state index contributed by atoms with van der Waals surface area (Å²) in [5.41, 5.74) is 2.30. The van der Waals surface area contributed by atoms with Crippen LogP contribution in [0.3, 0.4) is 0 Å². The topological polar surface area (TPSA) is 78.0 Å². The quantitative estimate of drug-likeness (QED) is 0.336. The van der Waals surface area contributed by atoms with Crippen molar-refractivity contribution in [2.75, 3.05) is 13.7 Å². The summed E-state index contributed by atoms with van der Waals surface area (Å²) in [5.74, 6) is -0.612. The van der Waals surface area contributed by atoms with Gasteiger partial charge in [0.25, 0.3) is 0 Å². The van der Waals surface area contributed by atoms with Crippen LogP contribution in [0.5, 0.6) is 0 Å². The van der Waals surface area contributed by atoms with Crippen molar-refractivity contribution >= 4 is 21.9 Å². The number of aromatic nitrogens is 5. The first-order valence-electron chi connectivity index (χ1n) is 13.2. The Hall–Kier alpha value is -3.62. The molecule has 36 heavy (non-hydrogen) atoms. The zero-order valence-corrected chi connectivity index (χ0v) is 20.7. The van der Waals surface area contributed by atoms with Crippen LogP contribution in [-0.2, 0) is 17.4 Å². The van der Waals surface area contributed by atoms with E-state index in [1.165, 1.54) is 10.7 Å². The lowest BCUT2D eigenvalue weighted by molar-refractivity contribution is 0.0783. The molecular formula is C28H30FN5O2. The molecule has 0 saturated carbocycles. The predicted octanol–water partition coefficient (Wildman–Crippen LogP) is 5.29. The molecule has 0 spiro atoms. The molecule has 0 bridgehead atoms. The SMILES string of the molecule is [2H]C([2H])([2H])c1nnn(C)c1-c1cc2c(cc1F)c1ncc(C(C)(C)O)cc1n2C(CCOC)c1ccccc1. The average Bonchev–Trinajstić information content (AvgIpc) is 3.41. The Kier molecular flexibility index (Phi) is 5.20. The molecular weight excluding hydrogens is 457 g/mol. The summed E-state index contributed by atoms with van der Waals surface area (Å²) in [6.07, 6.45) is 2.20. The molecule has 0 aliphatic carbocycles. The van der Waals surface area contributed by atoms with Crippen LogP contribution < -0.4 is 0 Å². The highest BCUT2D eigenvalue weighted by molar-refractivity contribution is 6.07. The predicted molar refractivity (Wildman–Crippen MR) is 138 cm³/mol. The smallest absolute Gasteiger partial charge is 0.133 e. The molecule has 2 aromatic carbocycles. The van der Waals surface area contributed by atoms with Gasteiger partial charge in [0.1, 0.15) is 5.82 Å². The number of hydrogen-bond donors (Lipinski definition) is 1. The lowest BCUT2D eigenvalue weighted by Crippen LogP contribution is -2.17. The Bertz CT molecular complexity index is 1660. The van der Waals surface area contributed by atoms with Gasteiger partial charge in [-0.05, 0) is 50.9 Å². The fraction of sp³-hybridized carbons (Fsp3) is 0.321. The number of ether oxygens (including phenoxy) is 1. The highest BCUT2D eigenvalue weighted by Crippen LogP contribution is 2.39. The van der Waals surface area contributed by atoms with Crippen molar-refractivity contribution in [3.63, 3.8) is 0 Å². The van der Waals surface area contributed by atoms with Crippen LogP contribution in [0, 0.1) is 12.7 Å². The molecule has 3 heterocycles. The molecule has 8 heteroatoms. The Morgan fingerprint density at radius 1 is 1.17 bits per heavy atom. The molecule has 3 aromatic heterocycles. The lowest BCUT2D eigenvalue weighted by atomic mass is 9.99. The second kappa shape index (κ2) is 9.11. The van der Waals surface area contributed by atoms with Gasteiger partial charge in [0.2, 0.25) is 0 Å². The number of aryl methyl sites for hydroxylation is 2. The molecule has 1 atom stereocenters. The van der Waals surface area contributed by atoms with E-state index in [1.54, 1.807) is 40.3 Å². The molecule has 0 saturated heterocycles. The second-order valence-corrected chi connectivity index (χ2v) is 9.49. The van der Waals surface area contributed by atoms with E-state index in [1.807, 2.05) is 36.4 Å². The fourth-order valence-corrected chi connectivity index (χ4v) is 4.79. The number of nitrogens with zero attached hydrogens (tertiary/aromatic N) is 5. The van der Waals surface area contributed by atoms with Crippen LogP contribution in [0.4, 0.5) is 4.39 Å². The Morgan fingerprint density at radius 2 is 1.94 bits per heavy atom. The van der Waals surface area contributed by atoms with Crippen molar-refractivity contribution in [3.05, 3.63) is 77.4 Å². The van der Waals surface area contributed by atoms with Crippen LogP contribution in [0.2, 0.25) is 0 Å². The van der Waals surface area contributed by atoms with Crippen molar-refractivity contribution in [1.82, 2.24) is 24.5 Å². The minimum atomic E-state index is -2.58. The first-order chi connectivity index (χ1) is 18.4. The van der Waals surface area contributed by atoms with E-state index in [4.69, 9.17) is 8.85 Å². The standard InChI is InChI=1S/C28H30FN5O2/c1-17-27(33(4)32-31-17)20-15-24-21(14-22(20)29)26-25(13-19(16-30-26)28(2,3)35)34(24)23(11-12-36-5)18-9-7-6-8-10-18/h6-10,13-16,23,35H,11-12H2,1-5H3/i1D3. The van der Waals surface area contributed by atoms with Gasteiger partial charge in [0.05, 0.1) is 39.6 Å². The van der Waals surface area contributed by atoms with E-state index in [0.717, 1.165) is 5.56 Å². The summed E-state index contributed by atoms with van der Waals surface area (Å²) in [6.45, 7) is 1.26. The first-order valence-corrected chi connectivity index (χ1v) is 11.7. The number of hydrogen-bond acceptors (Lipinski definition) is 5. The third-order valence-corrected chi connectivity index (χ3v) is 6.61. The highest BCUT2D eigenvalue weighted by Gasteiger charge is 2.26. The minimum Gasteiger partial charge on any atom is -0.386 e. The fourth-order valence-electron chi connectivity index (χ4n) is 4.79. The molecule has 186 valence electrons. The van der Waals surface area contributed by atoms with Crippen molar-refractivity contribution in [2.45, 2.75) is 38.8 Å². The van der Waals surface area contributed by atoms with Gasteiger partial charge in [0.15, 0.2) is 0 Å². The number of fused-ring (bicyclic) bond motifs is 3. The third-order valence-electron chi connectivity index (χ3n) is 6.61. The van der Waals surface area contributed by atoms with Gasteiger partial charge in [0, 0.05) is 47.6 Å². The summed E-state index contributed by atoms with van der Waals surface area (Å²) in [4.78, 5) is 4.66. The summed E-state index contributed by atoms with van der Waals surface area (Å²) >= 11 is 0. The van der Waals surface area contributed by atoms with E-state index in [9.17, 15) is 5.11 Å². The summed E-state index contributed by atoms with van der Waals surface area (Å²) in [5, 5.41) is 19.0. The third kappa shape index (κ3) is 4.06. The number of aliphatic hydroxyl groups is 1.